The van der Waals surface area contributed by atoms with Gasteiger partial charge in [0.25, 0.3) is 0 Å². The number of ketones is 1. The molecule has 2 aromatic rings. The first-order chi connectivity index (χ1) is 12.3. The molecule has 1 heterocycles. The van der Waals surface area contributed by atoms with Crippen molar-refractivity contribution in [2.75, 3.05) is 11.9 Å². The lowest BCUT2D eigenvalue weighted by molar-refractivity contribution is -0.137. The van der Waals surface area contributed by atoms with E-state index >= 15 is 0 Å². The maximum Gasteiger partial charge on any atom is 0.416 e. The molecular formula is C18H16F3N3OS. The second kappa shape index (κ2) is 8.57. The van der Waals surface area contributed by atoms with E-state index in [0.29, 0.717) is 11.7 Å². The molecule has 0 fully saturated rings. The van der Waals surface area contributed by atoms with E-state index in [-0.39, 0.29) is 10.4 Å². The Kier molecular flexibility index (Phi) is 6.46. The molecule has 0 saturated heterocycles. The number of rotatable bonds is 7. The SMILES string of the molecule is C=CC=N/C=C(\C)CNc1ncc(C(=O)c2cccc(C(F)(F)F)c2)s1. The number of hydrogen-bond donors (Lipinski definition) is 1. The smallest absolute Gasteiger partial charge is 0.358 e. The van der Waals surface area contributed by atoms with Crippen molar-refractivity contribution in [3.63, 3.8) is 0 Å². The Hall–Kier alpha value is -2.74. The number of carbonyl (C=O) groups excluding carboxylic acids is 1. The van der Waals surface area contributed by atoms with E-state index in [9.17, 15) is 18.0 Å². The van der Waals surface area contributed by atoms with Crippen LogP contribution in [0, 0.1) is 0 Å². The minimum Gasteiger partial charge on any atom is -0.358 e. The van der Waals surface area contributed by atoms with Crippen molar-refractivity contribution in [3.8, 4) is 0 Å². The average molecular weight is 379 g/mol. The van der Waals surface area contributed by atoms with Crippen LogP contribution in [-0.2, 0) is 6.18 Å². The molecule has 1 aromatic carbocycles. The van der Waals surface area contributed by atoms with Gasteiger partial charge in [-0.25, -0.2) is 4.98 Å². The molecular weight excluding hydrogens is 363 g/mol. The summed E-state index contributed by atoms with van der Waals surface area (Å²) >= 11 is 1.08. The van der Waals surface area contributed by atoms with Gasteiger partial charge in [0.2, 0.25) is 5.78 Å². The molecule has 0 aliphatic rings. The molecule has 1 aromatic heterocycles. The summed E-state index contributed by atoms with van der Waals surface area (Å²) < 4.78 is 38.3. The highest BCUT2D eigenvalue weighted by Gasteiger charge is 2.31. The first-order valence-corrected chi connectivity index (χ1v) is 8.34. The number of thiazole rings is 1. The molecule has 0 bridgehead atoms. The van der Waals surface area contributed by atoms with Crippen molar-refractivity contribution >= 4 is 28.5 Å². The molecule has 0 unspecified atom stereocenters. The van der Waals surface area contributed by atoms with Gasteiger partial charge < -0.3 is 5.32 Å². The summed E-state index contributed by atoms with van der Waals surface area (Å²) in [4.78, 5) is 20.7. The molecule has 0 aliphatic heterocycles. The molecule has 0 spiro atoms. The average Bonchev–Trinajstić information content (AvgIpc) is 3.08. The monoisotopic (exact) mass is 379 g/mol. The molecule has 0 amide bonds. The molecule has 26 heavy (non-hydrogen) atoms. The lowest BCUT2D eigenvalue weighted by Gasteiger charge is -2.07. The number of benzene rings is 1. The number of alkyl halides is 3. The molecule has 2 rings (SSSR count). The summed E-state index contributed by atoms with van der Waals surface area (Å²) in [5.41, 5.74) is 0.0565. The number of hydrogen-bond acceptors (Lipinski definition) is 5. The topological polar surface area (TPSA) is 54.4 Å². The third-order valence-corrected chi connectivity index (χ3v) is 4.14. The fraction of sp³-hybridized carbons (Fsp3) is 0.167. The summed E-state index contributed by atoms with van der Waals surface area (Å²) in [6.45, 7) is 5.86. The third-order valence-electron chi connectivity index (χ3n) is 3.19. The van der Waals surface area contributed by atoms with Crippen LogP contribution in [0.3, 0.4) is 0 Å². The van der Waals surface area contributed by atoms with E-state index < -0.39 is 17.5 Å². The highest BCUT2D eigenvalue weighted by atomic mass is 32.1. The summed E-state index contributed by atoms with van der Waals surface area (Å²) in [5.74, 6) is -0.496. The normalized spacial score (nSPS) is 12.4. The Morgan fingerprint density at radius 1 is 1.42 bits per heavy atom. The predicted octanol–water partition coefficient (Wildman–Crippen LogP) is 4.97. The van der Waals surface area contributed by atoms with E-state index in [0.717, 1.165) is 29.0 Å². The van der Waals surface area contributed by atoms with Crippen LogP contribution >= 0.6 is 11.3 Å². The molecule has 1 N–H and O–H groups in total. The van der Waals surface area contributed by atoms with Gasteiger partial charge in [0, 0.05) is 24.5 Å². The van der Waals surface area contributed by atoms with Crippen molar-refractivity contribution in [2.24, 2.45) is 4.99 Å². The third kappa shape index (κ3) is 5.38. The molecule has 0 saturated carbocycles. The number of halogens is 3. The van der Waals surface area contributed by atoms with Crippen molar-refractivity contribution in [1.29, 1.82) is 0 Å². The summed E-state index contributed by atoms with van der Waals surface area (Å²) in [7, 11) is 0. The lowest BCUT2D eigenvalue weighted by atomic mass is 10.1. The van der Waals surface area contributed by atoms with Crippen LogP contribution in [-0.4, -0.2) is 23.5 Å². The summed E-state index contributed by atoms with van der Waals surface area (Å²) in [6, 6.07) is 4.35. The maximum absolute atomic E-state index is 12.8. The Labute approximate surface area is 152 Å². The number of anilines is 1. The predicted molar refractivity (Wildman–Crippen MR) is 97.9 cm³/mol. The minimum absolute atomic E-state index is 0.0233. The van der Waals surface area contributed by atoms with E-state index in [1.165, 1.54) is 18.3 Å². The Morgan fingerprint density at radius 3 is 2.88 bits per heavy atom. The largest absolute Gasteiger partial charge is 0.416 e. The van der Waals surface area contributed by atoms with Crippen molar-refractivity contribution in [2.45, 2.75) is 13.1 Å². The van der Waals surface area contributed by atoms with E-state index in [1.807, 2.05) is 6.92 Å². The van der Waals surface area contributed by atoms with Gasteiger partial charge in [-0.3, -0.25) is 9.79 Å². The second-order valence-electron chi connectivity index (χ2n) is 5.30. The van der Waals surface area contributed by atoms with Gasteiger partial charge in [-0.1, -0.05) is 36.1 Å². The molecule has 4 nitrogen and oxygen atoms in total. The van der Waals surface area contributed by atoms with Crippen LogP contribution in [0.25, 0.3) is 0 Å². The first-order valence-electron chi connectivity index (χ1n) is 7.52. The molecule has 8 heteroatoms. The minimum atomic E-state index is -4.49. The zero-order chi connectivity index (χ0) is 19.2. The van der Waals surface area contributed by atoms with Crippen molar-refractivity contribution in [3.05, 3.63) is 70.9 Å². The molecule has 136 valence electrons. The van der Waals surface area contributed by atoms with Gasteiger partial charge >= 0.3 is 6.18 Å². The van der Waals surface area contributed by atoms with Crippen LogP contribution in [0.15, 0.2) is 59.9 Å². The van der Waals surface area contributed by atoms with E-state index in [4.69, 9.17) is 0 Å². The van der Waals surface area contributed by atoms with Gasteiger partial charge in [-0.05, 0) is 24.6 Å². The number of nitrogens with zero attached hydrogens (tertiary/aromatic N) is 2. The zero-order valence-electron chi connectivity index (χ0n) is 13.9. The van der Waals surface area contributed by atoms with E-state index in [1.54, 1.807) is 18.5 Å². The number of allylic oxidation sites excluding steroid dienone is 1. The van der Waals surface area contributed by atoms with E-state index in [2.05, 4.69) is 21.9 Å². The van der Waals surface area contributed by atoms with Crippen molar-refractivity contribution in [1.82, 2.24) is 4.98 Å². The highest BCUT2D eigenvalue weighted by Crippen LogP contribution is 2.30. The van der Waals surface area contributed by atoms with Gasteiger partial charge in [0.05, 0.1) is 16.6 Å². The van der Waals surface area contributed by atoms with Gasteiger partial charge in [-0.2, -0.15) is 13.2 Å². The summed E-state index contributed by atoms with van der Waals surface area (Å²) in [5, 5.41) is 3.54. The molecule has 0 aliphatic carbocycles. The van der Waals surface area contributed by atoms with Gasteiger partial charge in [0.1, 0.15) is 0 Å². The zero-order valence-corrected chi connectivity index (χ0v) is 14.7. The number of aromatic nitrogens is 1. The summed E-state index contributed by atoms with van der Waals surface area (Å²) in [6.07, 6.45) is 1.64. The van der Waals surface area contributed by atoms with Crippen molar-refractivity contribution < 1.29 is 18.0 Å². The fourth-order valence-corrected chi connectivity index (χ4v) is 2.71. The van der Waals surface area contributed by atoms with Crippen LogP contribution in [0.2, 0.25) is 0 Å². The quantitative estimate of drug-likeness (QED) is 0.546. The van der Waals surface area contributed by atoms with Crippen LogP contribution in [0.4, 0.5) is 18.3 Å². The standard InChI is InChI=1S/C18H16F3N3OS/c1-3-7-22-9-12(2)10-23-17-24-11-15(26-17)16(25)13-5-4-6-14(8-13)18(19,20)21/h3-9,11H,1,10H2,2H3,(H,23,24)/b12-9+,22-7?. The Bertz CT molecular complexity index is 853. The van der Waals surface area contributed by atoms with Crippen LogP contribution < -0.4 is 5.32 Å². The highest BCUT2D eigenvalue weighted by molar-refractivity contribution is 7.17. The van der Waals surface area contributed by atoms with Crippen LogP contribution in [0.1, 0.15) is 27.7 Å². The Morgan fingerprint density at radius 2 is 2.19 bits per heavy atom. The number of aliphatic imine (C=N–C) groups is 1. The molecule has 0 radical (unpaired) electrons. The van der Waals surface area contributed by atoms with Gasteiger partial charge in [0.15, 0.2) is 5.13 Å². The second-order valence-corrected chi connectivity index (χ2v) is 6.33. The first kappa shape index (κ1) is 19.6. The molecule has 0 atom stereocenters. The van der Waals surface area contributed by atoms with Crippen LogP contribution in [0.5, 0.6) is 0 Å². The fourth-order valence-electron chi connectivity index (χ4n) is 1.93. The lowest BCUT2D eigenvalue weighted by Crippen LogP contribution is -2.07. The Balaban J connectivity index is 2.07. The number of carbonyl (C=O) groups is 1. The maximum atomic E-state index is 12.8. The number of nitrogens with one attached hydrogen (secondary N) is 1. The van der Waals surface area contributed by atoms with Gasteiger partial charge in [-0.15, -0.1) is 0 Å².